The summed E-state index contributed by atoms with van der Waals surface area (Å²) in [5.41, 5.74) is 8.47. The predicted molar refractivity (Wildman–Crippen MR) is 77.9 cm³/mol. The van der Waals surface area contributed by atoms with E-state index < -0.39 is 0 Å². The summed E-state index contributed by atoms with van der Waals surface area (Å²) in [6, 6.07) is 0.277. The monoisotopic (exact) mass is 279 g/mol. The van der Waals surface area contributed by atoms with E-state index in [0.29, 0.717) is 0 Å². The number of aromatic nitrogens is 3. The van der Waals surface area contributed by atoms with Crippen molar-refractivity contribution in [2.24, 2.45) is 12.9 Å². The van der Waals surface area contributed by atoms with Crippen molar-refractivity contribution in [1.29, 1.82) is 0 Å². The summed E-state index contributed by atoms with van der Waals surface area (Å²) in [4.78, 5) is 5.36. The first kappa shape index (κ1) is 14.2. The molecule has 0 saturated heterocycles. The highest BCUT2D eigenvalue weighted by molar-refractivity contribution is 7.09. The van der Waals surface area contributed by atoms with Crippen LogP contribution in [0.2, 0.25) is 0 Å². The Morgan fingerprint density at radius 2 is 2.26 bits per heavy atom. The maximum atomic E-state index is 5.65. The fraction of sp³-hybridized carbons (Fsp3) is 0.538. The van der Waals surface area contributed by atoms with E-state index in [4.69, 9.17) is 5.84 Å². The van der Waals surface area contributed by atoms with Gasteiger partial charge in [-0.1, -0.05) is 0 Å². The van der Waals surface area contributed by atoms with Crippen LogP contribution in [0.4, 0.5) is 0 Å². The van der Waals surface area contributed by atoms with Crippen LogP contribution in [0.25, 0.3) is 0 Å². The zero-order chi connectivity index (χ0) is 13.8. The van der Waals surface area contributed by atoms with E-state index in [1.54, 1.807) is 11.3 Å². The second-order valence-electron chi connectivity index (χ2n) is 4.85. The van der Waals surface area contributed by atoms with E-state index in [0.717, 1.165) is 25.0 Å². The van der Waals surface area contributed by atoms with Crippen LogP contribution in [0.15, 0.2) is 11.7 Å². The average molecular weight is 279 g/mol. The van der Waals surface area contributed by atoms with Crippen molar-refractivity contribution in [3.63, 3.8) is 0 Å². The molecule has 6 heteroatoms. The highest BCUT2D eigenvalue weighted by atomic mass is 32.1. The molecule has 104 valence electrons. The molecule has 3 N–H and O–H groups in total. The van der Waals surface area contributed by atoms with Gasteiger partial charge in [0.2, 0.25) is 0 Å². The predicted octanol–water partition coefficient (Wildman–Crippen LogP) is 1.50. The summed E-state index contributed by atoms with van der Waals surface area (Å²) >= 11 is 1.68. The summed E-state index contributed by atoms with van der Waals surface area (Å²) in [5, 5.41) is 4.45. The highest BCUT2D eigenvalue weighted by Gasteiger charge is 2.13. The Hall–Kier alpha value is -1.24. The zero-order valence-electron chi connectivity index (χ0n) is 11.7. The Bertz CT molecular complexity index is 517. The van der Waals surface area contributed by atoms with Gasteiger partial charge in [-0.05, 0) is 32.3 Å². The van der Waals surface area contributed by atoms with Gasteiger partial charge in [0.15, 0.2) is 0 Å². The highest BCUT2D eigenvalue weighted by Crippen LogP contribution is 2.17. The van der Waals surface area contributed by atoms with Crippen LogP contribution in [0.5, 0.6) is 0 Å². The van der Waals surface area contributed by atoms with Gasteiger partial charge in [-0.3, -0.25) is 20.9 Å². The molecule has 5 nitrogen and oxygen atoms in total. The number of thiazole rings is 1. The van der Waals surface area contributed by atoms with E-state index in [1.165, 1.54) is 16.1 Å². The van der Waals surface area contributed by atoms with Crippen LogP contribution >= 0.6 is 11.3 Å². The van der Waals surface area contributed by atoms with Gasteiger partial charge in [0.1, 0.15) is 0 Å². The molecule has 19 heavy (non-hydrogen) atoms. The van der Waals surface area contributed by atoms with Crippen LogP contribution < -0.4 is 11.3 Å². The van der Waals surface area contributed by atoms with Crippen molar-refractivity contribution >= 4 is 11.3 Å². The maximum absolute atomic E-state index is 5.65. The number of nitrogens with two attached hydrogens (primary N) is 1. The molecule has 0 aliphatic heterocycles. The molecule has 1 atom stereocenters. The molecule has 2 rings (SSSR count). The van der Waals surface area contributed by atoms with E-state index in [1.807, 2.05) is 23.4 Å². The minimum atomic E-state index is 0.277. The molecule has 0 bridgehead atoms. The number of nitrogens with zero attached hydrogens (tertiary/aromatic N) is 3. The van der Waals surface area contributed by atoms with Crippen LogP contribution in [0, 0.1) is 13.8 Å². The minimum Gasteiger partial charge on any atom is -0.272 e. The first-order valence-corrected chi connectivity index (χ1v) is 7.32. The van der Waals surface area contributed by atoms with Crippen molar-refractivity contribution in [1.82, 2.24) is 20.2 Å². The van der Waals surface area contributed by atoms with Gasteiger partial charge in [-0.25, -0.2) is 0 Å². The third-order valence-corrected chi connectivity index (χ3v) is 4.37. The summed E-state index contributed by atoms with van der Waals surface area (Å²) in [7, 11) is 1.99. The Morgan fingerprint density at radius 1 is 1.47 bits per heavy atom. The van der Waals surface area contributed by atoms with Crippen molar-refractivity contribution < 1.29 is 0 Å². The molecular formula is C13H21N5S. The molecule has 0 aliphatic carbocycles. The second kappa shape index (κ2) is 6.27. The number of aryl methyl sites for hydroxylation is 2. The summed E-state index contributed by atoms with van der Waals surface area (Å²) in [5.74, 6) is 5.65. The zero-order valence-corrected chi connectivity index (χ0v) is 12.5. The van der Waals surface area contributed by atoms with Gasteiger partial charge in [0.25, 0.3) is 0 Å². The molecule has 2 aromatic rings. The van der Waals surface area contributed by atoms with Gasteiger partial charge in [0.05, 0.1) is 11.2 Å². The number of hydrogen-bond donors (Lipinski definition) is 2. The van der Waals surface area contributed by atoms with Crippen LogP contribution in [0.3, 0.4) is 0 Å². The Morgan fingerprint density at radius 3 is 2.79 bits per heavy atom. The van der Waals surface area contributed by atoms with Crippen molar-refractivity contribution in [2.75, 3.05) is 0 Å². The van der Waals surface area contributed by atoms with E-state index in [-0.39, 0.29) is 6.04 Å². The lowest BCUT2D eigenvalue weighted by Gasteiger charge is -2.14. The standard InChI is InChI=1S/C13H21N5S/c1-9-13(10(2)18(3)17-9)5-4-11(16-14)6-12-7-15-8-19-12/h7-8,11,16H,4-6,14H2,1-3H3. The molecule has 0 radical (unpaired) electrons. The lowest BCUT2D eigenvalue weighted by atomic mass is 10.0. The molecule has 0 amide bonds. The van der Waals surface area contributed by atoms with Crippen molar-refractivity contribution in [3.8, 4) is 0 Å². The molecule has 0 fully saturated rings. The van der Waals surface area contributed by atoms with Gasteiger partial charge < -0.3 is 0 Å². The van der Waals surface area contributed by atoms with Gasteiger partial charge in [-0.2, -0.15) is 5.10 Å². The maximum Gasteiger partial charge on any atom is 0.0794 e. The lowest BCUT2D eigenvalue weighted by molar-refractivity contribution is 0.493. The Kier molecular flexibility index (Phi) is 4.68. The smallest absolute Gasteiger partial charge is 0.0794 e. The normalized spacial score (nSPS) is 12.8. The molecule has 2 aromatic heterocycles. The fourth-order valence-corrected chi connectivity index (χ4v) is 3.00. The number of rotatable bonds is 6. The van der Waals surface area contributed by atoms with Gasteiger partial charge >= 0.3 is 0 Å². The fourth-order valence-electron chi connectivity index (χ4n) is 2.33. The molecule has 0 saturated carbocycles. The van der Waals surface area contributed by atoms with E-state index >= 15 is 0 Å². The topological polar surface area (TPSA) is 68.8 Å². The molecule has 0 aliphatic rings. The van der Waals surface area contributed by atoms with Crippen molar-refractivity contribution in [2.45, 2.75) is 39.2 Å². The first-order valence-electron chi connectivity index (χ1n) is 6.44. The summed E-state index contributed by atoms with van der Waals surface area (Å²) in [6.45, 7) is 4.18. The Balaban J connectivity index is 1.96. The second-order valence-corrected chi connectivity index (χ2v) is 5.82. The van der Waals surface area contributed by atoms with E-state index in [2.05, 4.69) is 29.4 Å². The third-order valence-electron chi connectivity index (χ3n) is 3.57. The molecule has 0 aromatic carbocycles. The molecule has 1 unspecified atom stereocenters. The van der Waals surface area contributed by atoms with Gasteiger partial charge in [-0.15, -0.1) is 11.3 Å². The average Bonchev–Trinajstić information content (AvgIpc) is 2.97. The largest absolute Gasteiger partial charge is 0.272 e. The lowest BCUT2D eigenvalue weighted by Crippen LogP contribution is -2.37. The summed E-state index contributed by atoms with van der Waals surface area (Å²) in [6.07, 6.45) is 4.84. The summed E-state index contributed by atoms with van der Waals surface area (Å²) < 4.78 is 1.94. The van der Waals surface area contributed by atoms with Crippen LogP contribution in [-0.2, 0) is 19.9 Å². The molecular weight excluding hydrogens is 258 g/mol. The number of hydrazine groups is 1. The van der Waals surface area contributed by atoms with Crippen molar-refractivity contribution in [3.05, 3.63) is 33.5 Å². The SMILES string of the molecule is Cc1nn(C)c(C)c1CCC(Cc1cncs1)NN. The quantitative estimate of drug-likeness (QED) is 0.621. The third kappa shape index (κ3) is 3.40. The first-order chi connectivity index (χ1) is 9.11. The number of nitrogens with one attached hydrogen (secondary N) is 1. The molecule has 2 heterocycles. The Labute approximate surface area is 117 Å². The van der Waals surface area contributed by atoms with Crippen LogP contribution in [-0.4, -0.2) is 20.8 Å². The minimum absolute atomic E-state index is 0.277. The molecule has 0 spiro atoms. The van der Waals surface area contributed by atoms with E-state index in [9.17, 15) is 0 Å². The van der Waals surface area contributed by atoms with Gasteiger partial charge in [0, 0.05) is 36.3 Å². The van der Waals surface area contributed by atoms with Crippen LogP contribution in [0.1, 0.15) is 28.2 Å². The number of hydrogen-bond acceptors (Lipinski definition) is 5.